The van der Waals surface area contributed by atoms with Crippen LogP contribution >= 0.6 is 11.6 Å². The van der Waals surface area contributed by atoms with Gasteiger partial charge in [0.1, 0.15) is 10.7 Å². The van der Waals surface area contributed by atoms with Gasteiger partial charge in [-0.05, 0) is 20.5 Å². The zero-order valence-electron chi connectivity index (χ0n) is 12.8. The lowest BCUT2D eigenvalue weighted by molar-refractivity contribution is -0.0562. The van der Waals surface area contributed by atoms with Crippen molar-refractivity contribution in [3.05, 3.63) is 10.7 Å². The summed E-state index contributed by atoms with van der Waals surface area (Å²) in [6.45, 7) is 2.44. The second kappa shape index (κ2) is 7.77. The van der Waals surface area contributed by atoms with Crippen molar-refractivity contribution in [3.63, 3.8) is 0 Å². The summed E-state index contributed by atoms with van der Waals surface area (Å²) in [6.07, 6.45) is 0.647. The molecule has 9 heteroatoms. The number of nitrogen functional groups attached to an aromatic ring is 1. The molecule has 1 aliphatic rings. The third-order valence-corrected chi connectivity index (χ3v) is 3.82. The van der Waals surface area contributed by atoms with Gasteiger partial charge in [-0.15, -0.1) is 0 Å². The van der Waals surface area contributed by atoms with Crippen molar-refractivity contribution < 1.29 is 14.3 Å². The van der Waals surface area contributed by atoms with E-state index in [-0.39, 0.29) is 34.6 Å². The number of nitrogens with one attached hydrogen (secondary N) is 2. The van der Waals surface area contributed by atoms with Crippen LogP contribution in [0.1, 0.15) is 16.9 Å². The molecule has 1 saturated heterocycles. The number of H-pyrrole nitrogens is 1. The van der Waals surface area contributed by atoms with Crippen LogP contribution in [0, 0.1) is 0 Å². The Morgan fingerprint density at radius 2 is 2.41 bits per heavy atom. The lowest BCUT2D eigenvalue weighted by Gasteiger charge is -2.32. The lowest BCUT2D eigenvalue weighted by Crippen LogP contribution is -2.51. The molecule has 0 spiro atoms. The summed E-state index contributed by atoms with van der Waals surface area (Å²) in [6, 6.07) is -0.232. The molecule has 0 unspecified atom stereocenters. The number of nitrogens with zero attached hydrogens (tertiary/aromatic N) is 2. The van der Waals surface area contributed by atoms with Gasteiger partial charge in [0, 0.05) is 13.2 Å². The fourth-order valence-electron chi connectivity index (χ4n) is 2.17. The van der Waals surface area contributed by atoms with E-state index < -0.39 is 0 Å². The number of hydrogen-bond acceptors (Lipinski definition) is 6. The number of nitrogens with two attached hydrogens (primary N) is 1. The molecule has 1 amide bonds. The van der Waals surface area contributed by atoms with E-state index in [9.17, 15) is 4.79 Å². The van der Waals surface area contributed by atoms with E-state index in [2.05, 4.69) is 15.5 Å². The molecule has 2 rings (SSSR count). The first-order valence-electron chi connectivity index (χ1n) is 7.13. The number of carbonyl (C=O) groups is 1. The first-order chi connectivity index (χ1) is 10.5. The first kappa shape index (κ1) is 17.0. The van der Waals surface area contributed by atoms with E-state index in [1.165, 1.54) is 0 Å². The summed E-state index contributed by atoms with van der Waals surface area (Å²) in [7, 11) is 3.97. The SMILES string of the molecule is CN(C)CCO[C@@H]1CCOC[C@@H]1NC(=O)c1[nH]nc(N)c1Cl. The molecule has 1 fully saturated rings. The molecule has 1 aromatic heterocycles. The summed E-state index contributed by atoms with van der Waals surface area (Å²) < 4.78 is 11.3. The highest BCUT2D eigenvalue weighted by atomic mass is 35.5. The van der Waals surface area contributed by atoms with Gasteiger partial charge in [-0.3, -0.25) is 9.89 Å². The standard InChI is InChI=1S/C13H22ClN5O3/c1-19(2)4-6-22-9-3-5-21-7-8(9)16-13(20)11-10(14)12(15)18-17-11/h8-9H,3-7H2,1-2H3,(H,16,20)(H3,15,17,18)/t8-,9+/m0/s1. The molecule has 124 valence electrons. The van der Waals surface area contributed by atoms with Gasteiger partial charge in [0.05, 0.1) is 25.4 Å². The maximum absolute atomic E-state index is 12.2. The van der Waals surface area contributed by atoms with Crippen LogP contribution in [-0.2, 0) is 9.47 Å². The molecular formula is C13H22ClN5O3. The summed E-state index contributed by atoms with van der Waals surface area (Å²) in [5.41, 5.74) is 5.67. The van der Waals surface area contributed by atoms with Crippen molar-refractivity contribution in [2.24, 2.45) is 0 Å². The Morgan fingerprint density at radius 3 is 3.05 bits per heavy atom. The second-order valence-corrected chi connectivity index (χ2v) is 5.83. The number of amides is 1. The third-order valence-electron chi connectivity index (χ3n) is 3.44. The van der Waals surface area contributed by atoms with Crippen LogP contribution in [0.5, 0.6) is 0 Å². The average molecular weight is 332 g/mol. The van der Waals surface area contributed by atoms with Crippen molar-refractivity contribution in [3.8, 4) is 0 Å². The van der Waals surface area contributed by atoms with Crippen molar-refractivity contribution >= 4 is 23.3 Å². The van der Waals surface area contributed by atoms with Gasteiger partial charge in [-0.25, -0.2) is 0 Å². The number of aromatic nitrogens is 2. The van der Waals surface area contributed by atoms with Gasteiger partial charge in [-0.2, -0.15) is 5.10 Å². The number of anilines is 1. The summed E-state index contributed by atoms with van der Waals surface area (Å²) in [5.74, 6) is -0.267. The molecular weight excluding hydrogens is 310 g/mol. The van der Waals surface area contributed by atoms with E-state index in [1.54, 1.807) is 0 Å². The van der Waals surface area contributed by atoms with Crippen LogP contribution in [0.2, 0.25) is 5.02 Å². The zero-order valence-corrected chi connectivity index (χ0v) is 13.5. The lowest BCUT2D eigenvalue weighted by atomic mass is 10.1. The predicted octanol–water partition coefficient (Wildman–Crippen LogP) is 0.111. The number of ether oxygens (including phenoxy) is 2. The van der Waals surface area contributed by atoms with E-state index in [1.807, 2.05) is 19.0 Å². The van der Waals surface area contributed by atoms with Crippen molar-refractivity contribution in [2.45, 2.75) is 18.6 Å². The monoisotopic (exact) mass is 331 g/mol. The summed E-state index contributed by atoms with van der Waals surface area (Å²) in [5, 5.41) is 9.23. The van der Waals surface area contributed by atoms with Crippen LogP contribution in [0.4, 0.5) is 5.82 Å². The van der Waals surface area contributed by atoms with E-state index in [0.717, 1.165) is 13.0 Å². The molecule has 4 N–H and O–H groups in total. The molecule has 22 heavy (non-hydrogen) atoms. The maximum Gasteiger partial charge on any atom is 0.271 e. The maximum atomic E-state index is 12.2. The Hall–Kier alpha value is -1.35. The van der Waals surface area contributed by atoms with Crippen LogP contribution in [0.25, 0.3) is 0 Å². The molecule has 8 nitrogen and oxygen atoms in total. The minimum absolute atomic E-state index is 0.0864. The van der Waals surface area contributed by atoms with Crippen LogP contribution in [0.3, 0.4) is 0 Å². The number of halogens is 1. The Labute approximate surface area is 134 Å². The van der Waals surface area contributed by atoms with Gasteiger partial charge >= 0.3 is 0 Å². The van der Waals surface area contributed by atoms with Crippen molar-refractivity contribution in [2.75, 3.05) is 46.2 Å². The van der Waals surface area contributed by atoms with Gasteiger partial charge in [0.2, 0.25) is 0 Å². The number of carbonyl (C=O) groups excluding carboxylic acids is 1. The highest BCUT2D eigenvalue weighted by molar-refractivity contribution is 6.35. The minimum Gasteiger partial charge on any atom is -0.381 e. The van der Waals surface area contributed by atoms with Crippen LogP contribution in [0.15, 0.2) is 0 Å². The third kappa shape index (κ3) is 4.33. The topological polar surface area (TPSA) is 106 Å². The van der Waals surface area contributed by atoms with E-state index in [4.69, 9.17) is 26.8 Å². The minimum atomic E-state index is -0.370. The molecule has 0 radical (unpaired) electrons. The van der Waals surface area contributed by atoms with Gasteiger partial charge in [-0.1, -0.05) is 11.6 Å². The van der Waals surface area contributed by atoms with Gasteiger partial charge in [0.15, 0.2) is 5.82 Å². The fraction of sp³-hybridized carbons (Fsp3) is 0.692. The summed E-state index contributed by atoms with van der Waals surface area (Å²) >= 11 is 5.93. The Balaban J connectivity index is 1.93. The van der Waals surface area contributed by atoms with Crippen LogP contribution in [-0.4, -0.2) is 73.6 Å². The van der Waals surface area contributed by atoms with Gasteiger partial charge < -0.3 is 25.4 Å². The van der Waals surface area contributed by atoms with E-state index >= 15 is 0 Å². The Morgan fingerprint density at radius 1 is 1.64 bits per heavy atom. The number of aromatic amines is 1. The predicted molar refractivity (Wildman–Crippen MR) is 83.0 cm³/mol. The van der Waals surface area contributed by atoms with Crippen LogP contribution < -0.4 is 11.1 Å². The number of likely N-dealkylation sites (N-methyl/N-ethyl adjacent to an activating group) is 1. The molecule has 2 heterocycles. The van der Waals surface area contributed by atoms with Gasteiger partial charge in [0.25, 0.3) is 5.91 Å². The molecule has 1 aromatic rings. The average Bonchev–Trinajstić information content (AvgIpc) is 2.80. The second-order valence-electron chi connectivity index (χ2n) is 5.45. The number of hydrogen-bond donors (Lipinski definition) is 3. The summed E-state index contributed by atoms with van der Waals surface area (Å²) in [4.78, 5) is 14.3. The molecule has 0 saturated carbocycles. The fourth-order valence-corrected chi connectivity index (χ4v) is 2.34. The number of rotatable bonds is 6. The normalized spacial score (nSPS) is 22.0. The molecule has 2 atom stereocenters. The molecule has 0 aliphatic carbocycles. The van der Waals surface area contributed by atoms with Crippen molar-refractivity contribution in [1.29, 1.82) is 0 Å². The highest BCUT2D eigenvalue weighted by Crippen LogP contribution is 2.20. The van der Waals surface area contributed by atoms with E-state index in [0.29, 0.717) is 19.8 Å². The Bertz CT molecular complexity index is 508. The Kier molecular flexibility index (Phi) is 6.01. The first-order valence-corrected chi connectivity index (χ1v) is 7.51. The zero-order chi connectivity index (χ0) is 16.1. The highest BCUT2D eigenvalue weighted by Gasteiger charge is 2.29. The molecule has 0 bridgehead atoms. The quantitative estimate of drug-likeness (QED) is 0.683. The van der Waals surface area contributed by atoms with Crippen molar-refractivity contribution in [1.82, 2.24) is 20.4 Å². The molecule has 1 aliphatic heterocycles. The smallest absolute Gasteiger partial charge is 0.271 e. The molecule has 0 aromatic carbocycles. The largest absolute Gasteiger partial charge is 0.381 e.